The van der Waals surface area contributed by atoms with Gasteiger partial charge in [-0.05, 0) is 55.8 Å². The smallest absolute Gasteiger partial charge is 0.272 e. The topological polar surface area (TPSA) is 59.8 Å². The highest BCUT2D eigenvalue weighted by molar-refractivity contribution is 5.93. The van der Waals surface area contributed by atoms with E-state index in [2.05, 4.69) is 15.4 Å². The average Bonchev–Trinajstić information content (AvgIpc) is 3.08. The molecule has 128 valence electrons. The summed E-state index contributed by atoms with van der Waals surface area (Å²) in [6.07, 6.45) is 4.19. The Balaban J connectivity index is 2.06. The first-order chi connectivity index (χ1) is 12.1. The minimum atomic E-state index is -0.323. The molecule has 0 fully saturated rings. The molecule has 1 N–H and O–H groups in total. The lowest BCUT2D eigenvalue weighted by molar-refractivity contribution is 0.0934. The summed E-state index contributed by atoms with van der Waals surface area (Å²) in [5.74, 6) is -0.554. The van der Waals surface area contributed by atoms with Gasteiger partial charge in [0.2, 0.25) is 0 Å². The van der Waals surface area contributed by atoms with Crippen LogP contribution < -0.4 is 5.32 Å². The van der Waals surface area contributed by atoms with Crippen LogP contribution in [0.4, 0.5) is 4.39 Å². The van der Waals surface area contributed by atoms with Crippen molar-refractivity contribution in [1.29, 1.82) is 0 Å². The van der Waals surface area contributed by atoms with Gasteiger partial charge >= 0.3 is 0 Å². The molecule has 1 aromatic carbocycles. The van der Waals surface area contributed by atoms with Gasteiger partial charge in [0.25, 0.3) is 5.91 Å². The second kappa shape index (κ2) is 7.25. The fourth-order valence-electron chi connectivity index (χ4n) is 2.40. The molecule has 0 saturated heterocycles. The van der Waals surface area contributed by atoms with Gasteiger partial charge in [0.15, 0.2) is 5.69 Å². The van der Waals surface area contributed by atoms with E-state index < -0.39 is 0 Å². The molecule has 3 aromatic rings. The van der Waals surface area contributed by atoms with E-state index in [1.54, 1.807) is 35.3 Å². The number of carbonyl (C=O) groups is 1. The second-order valence-electron chi connectivity index (χ2n) is 5.82. The van der Waals surface area contributed by atoms with Crippen molar-refractivity contribution in [3.63, 3.8) is 0 Å². The predicted octanol–water partition coefficient (Wildman–Crippen LogP) is 3.60. The lowest BCUT2D eigenvalue weighted by Gasteiger charge is -2.09. The maximum atomic E-state index is 13.2. The molecule has 0 aliphatic carbocycles. The van der Waals surface area contributed by atoms with Crippen LogP contribution in [0.1, 0.15) is 30.8 Å². The Kier molecular flexibility index (Phi) is 4.88. The first kappa shape index (κ1) is 16.8. The third-order valence-corrected chi connectivity index (χ3v) is 3.98. The first-order valence-electron chi connectivity index (χ1n) is 8.15. The fourth-order valence-corrected chi connectivity index (χ4v) is 2.40. The highest BCUT2D eigenvalue weighted by Gasteiger charge is 2.17. The maximum Gasteiger partial charge on any atom is 0.272 e. The molecular formula is C19H19FN4O. The molecule has 6 heteroatoms. The Morgan fingerprint density at radius 3 is 2.52 bits per heavy atom. The van der Waals surface area contributed by atoms with Crippen LogP contribution in [0.3, 0.4) is 0 Å². The SMILES string of the molecule is CC[C@@H](C)NC(=O)c1cc(-c2ccncc2)n(-c2ccc(F)cc2)n1. The summed E-state index contributed by atoms with van der Waals surface area (Å²) in [7, 11) is 0. The summed E-state index contributed by atoms with van der Waals surface area (Å²) in [5.41, 5.74) is 2.60. The molecule has 3 rings (SSSR count). The molecular weight excluding hydrogens is 319 g/mol. The molecule has 25 heavy (non-hydrogen) atoms. The van der Waals surface area contributed by atoms with Crippen molar-refractivity contribution >= 4 is 5.91 Å². The van der Waals surface area contributed by atoms with E-state index in [1.807, 2.05) is 26.0 Å². The van der Waals surface area contributed by atoms with Gasteiger partial charge in [-0.15, -0.1) is 0 Å². The van der Waals surface area contributed by atoms with E-state index >= 15 is 0 Å². The Hall–Kier alpha value is -3.02. The van der Waals surface area contributed by atoms with Gasteiger partial charge in [-0.3, -0.25) is 9.78 Å². The standard InChI is InChI=1S/C19H19FN4O/c1-3-13(2)22-19(25)17-12-18(14-8-10-21-11-9-14)24(23-17)16-6-4-15(20)5-7-16/h4-13H,3H2,1-2H3,(H,22,25)/t13-/m1/s1. The predicted molar refractivity (Wildman–Crippen MR) is 94.0 cm³/mol. The van der Waals surface area contributed by atoms with Gasteiger partial charge in [0.1, 0.15) is 5.82 Å². The van der Waals surface area contributed by atoms with Gasteiger partial charge < -0.3 is 5.32 Å². The minimum Gasteiger partial charge on any atom is -0.348 e. The number of benzene rings is 1. The summed E-state index contributed by atoms with van der Waals surface area (Å²) < 4.78 is 14.9. The Bertz CT molecular complexity index is 859. The van der Waals surface area contributed by atoms with Crippen molar-refractivity contribution in [3.8, 4) is 16.9 Å². The molecule has 0 radical (unpaired) electrons. The maximum absolute atomic E-state index is 13.2. The summed E-state index contributed by atoms with van der Waals surface area (Å²) in [6.45, 7) is 3.95. The van der Waals surface area contributed by atoms with Gasteiger partial charge in [-0.25, -0.2) is 9.07 Å². The number of carbonyl (C=O) groups excluding carboxylic acids is 1. The molecule has 0 saturated carbocycles. The van der Waals surface area contributed by atoms with Crippen LogP contribution in [0.15, 0.2) is 54.9 Å². The van der Waals surface area contributed by atoms with Crippen LogP contribution in [-0.2, 0) is 0 Å². The highest BCUT2D eigenvalue weighted by Crippen LogP contribution is 2.24. The third-order valence-electron chi connectivity index (χ3n) is 3.98. The summed E-state index contributed by atoms with van der Waals surface area (Å²) >= 11 is 0. The zero-order valence-corrected chi connectivity index (χ0v) is 14.1. The number of nitrogens with zero attached hydrogens (tertiary/aromatic N) is 3. The zero-order valence-electron chi connectivity index (χ0n) is 14.1. The number of hydrogen-bond donors (Lipinski definition) is 1. The molecule has 1 amide bonds. The quantitative estimate of drug-likeness (QED) is 0.773. The normalized spacial score (nSPS) is 12.0. The Morgan fingerprint density at radius 2 is 1.88 bits per heavy atom. The van der Waals surface area contributed by atoms with Crippen LogP contribution in [0, 0.1) is 5.82 Å². The highest BCUT2D eigenvalue weighted by atomic mass is 19.1. The van der Waals surface area contributed by atoms with Crippen LogP contribution in [0.2, 0.25) is 0 Å². The first-order valence-corrected chi connectivity index (χ1v) is 8.15. The van der Waals surface area contributed by atoms with E-state index in [0.717, 1.165) is 17.7 Å². The summed E-state index contributed by atoms with van der Waals surface area (Å²) in [5, 5.41) is 7.35. The number of aromatic nitrogens is 3. The fraction of sp³-hybridized carbons (Fsp3) is 0.211. The van der Waals surface area contributed by atoms with Gasteiger partial charge in [0, 0.05) is 24.0 Å². The molecule has 0 aliphatic rings. The summed E-state index contributed by atoms with van der Waals surface area (Å²) in [4.78, 5) is 16.5. The molecule has 0 spiro atoms. The van der Waals surface area contributed by atoms with Crippen molar-refractivity contribution in [2.24, 2.45) is 0 Å². The molecule has 0 bridgehead atoms. The Morgan fingerprint density at radius 1 is 1.20 bits per heavy atom. The van der Waals surface area contributed by atoms with Gasteiger partial charge in [0.05, 0.1) is 11.4 Å². The van der Waals surface area contributed by atoms with E-state index in [9.17, 15) is 9.18 Å². The molecule has 2 heterocycles. The molecule has 1 atom stereocenters. The van der Waals surface area contributed by atoms with Crippen molar-refractivity contribution < 1.29 is 9.18 Å². The van der Waals surface area contributed by atoms with Crippen LogP contribution in [0.25, 0.3) is 16.9 Å². The van der Waals surface area contributed by atoms with Crippen molar-refractivity contribution in [2.75, 3.05) is 0 Å². The van der Waals surface area contributed by atoms with Crippen LogP contribution >= 0.6 is 0 Å². The van der Waals surface area contributed by atoms with Gasteiger partial charge in [-0.1, -0.05) is 6.92 Å². The second-order valence-corrected chi connectivity index (χ2v) is 5.82. The molecule has 5 nitrogen and oxygen atoms in total. The van der Waals surface area contributed by atoms with E-state index in [4.69, 9.17) is 0 Å². The van der Waals surface area contributed by atoms with E-state index in [-0.39, 0.29) is 17.8 Å². The summed E-state index contributed by atoms with van der Waals surface area (Å²) in [6, 6.07) is 11.5. The largest absolute Gasteiger partial charge is 0.348 e. The van der Waals surface area contributed by atoms with Crippen LogP contribution in [-0.4, -0.2) is 26.7 Å². The number of nitrogens with one attached hydrogen (secondary N) is 1. The monoisotopic (exact) mass is 338 g/mol. The van der Waals surface area contributed by atoms with E-state index in [1.165, 1.54) is 12.1 Å². The number of hydrogen-bond acceptors (Lipinski definition) is 3. The molecule has 0 unspecified atom stereocenters. The molecule has 2 aromatic heterocycles. The number of rotatable bonds is 5. The zero-order chi connectivity index (χ0) is 17.8. The van der Waals surface area contributed by atoms with Crippen molar-refractivity contribution in [3.05, 3.63) is 66.4 Å². The van der Waals surface area contributed by atoms with E-state index in [0.29, 0.717) is 11.4 Å². The Labute approximate surface area is 145 Å². The van der Waals surface area contributed by atoms with Crippen molar-refractivity contribution in [2.45, 2.75) is 26.3 Å². The van der Waals surface area contributed by atoms with Crippen LogP contribution in [0.5, 0.6) is 0 Å². The van der Waals surface area contributed by atoms with Crippen molar-refractivity contribution in [1.82, 2.24) is 20.1 Å². The third kappa shape index (κ3) is 3.74. The lowest BCUT2D eigenvalue weighted by atomic mass is 10.1. The number of amides is 1. The lowest BCUT2D eigenvalue weighted by Crippen LogP contribution is -2.32. The average molecular weight is 338 g/mol. The van der Waals surface area contributed by atoms with Gasteiger partial charge in [-0.2, -0.15) is 5.10 Å². The number of halogens is 1. The molecule has 0 aliphatic heterocycles. The minimum absolute atomic E-state index is 0.0628. The number of pyridine rings is 1.